The second-order valence-corrected chi connectivity index (χ2v) is 8.50. The number of carbonyl (C=O) groups excluding carboxylic acids is 1. The zero-order valence-electron chi connectivity index (χ0n) is 20.5. The number of carboxylic acid groups (broad SMARTS) is 2. The van der Waals surface area contributed by atoms with E-state index < -0.39 is 11.9 Å². The first kappa shape index (κ1) is 27.4. The molecule has 2 aromatic carbocycles. The molecule has 0 fully saturated rings. The second-order valence-electron chi connectivity index (χ2n) is 8.50. The number of aryl methyl sites for hydroxylation is 2. The molecule has 0 aliphatic rings. The molecule has 0 saturated heterocycles. The highest BCUT2D eigenvalue weighted by atomic mass is 16.5. The second kappa shape index (κ2) is 12.6. The highest BCUT2D eigenvalue weighted by molar-refractivity contribution is 6.27. The van der Waals surface area contributed by atoms with Crippen molar-refractivity contribution in [3.05, 3.63) is 65.4 Å². The lowest BCUT2D eigenvalue weighted by molar-refractivity contribution is -0.159. The number of amides is 1. The van der Waals surface area contributed by atoms with Crippen molar-refractivity contribution in [3.63, 3.8) is 0 Å². The Labute approximate surface area is 204 Å². The molecule has 3 rings (SSSR count). The van der Waals surface area contributed by atoms with E-state index in [-0.39, 0.29) is 11.9 Å². The topological polar surface area (TPSA) is 135 Å². The van der Waals surface area contributed by atoms with E-state index in [1.54, 1.807) is 7.11 Å². The number of ether oxygens (including phenoxy) is 1. The van der Waals surface area contributed by atoms with Crippen LogP contribution in [0.2, 0.25) is 0 Å². The zero-order valence-corrected chi connectivity index (χ0v) is 20.5. The van der Waals surface area contributed by atoms with E-state index in [1.807, 2.05) is 23.6 Å². The number of hydrogen-bond donors (Lipinski definition) is 3. The summed E-state index contributed by atoms with van der Waals surface area (Å²) >= 11 is 0. The van der Waals surface area contributed by atoms with Gasteiger partial charge in [0.1, 0.15) is 11.8 Å². The van der Waals surface area contributed by atoms with Gasteiger partial charge in [-0.25, -0.2) is 9.59 Å². The van der Waals surface area contributed by atoms with E-state index >= 15 is 0 Å². The summed E-state index contributed by atoms with van der Waals surface area (Å²) in [5, 5.41) is 16.0. The van der Waals surface area contributed by atoms with Crippen LogP contribution in [0.15, 0.2) is 48.7 Å². The third-order valence-corrected chi connectivity index (χ3v) is 5.68. The Kier molecular flexibility index (Phi) is 9.84. The van der Waals surface area contributed by atoms with Crippen LogP contribution >= 0.6 is 0 Å². The highest BCUT2D eigenvalue weighted by Crippen LogP contribution is 2.27. The van der Waals surface area contributed by atoms with Crippen molar-refractivity contribution >= 4 is 28.7 Å². The number of carboxylic acids is 2. The maximum Gasteiger partial charge on any atom is 0.414 e. The van der Waals surface area contributed by atoms with Gasteiger partial charge >= 0.3 is 11.9 Å². The Morgan fingerprint density at radius 1 is 0.971 bits per heavy atom. The average Bonchev–Trinajstić information content (AvgIpc) is 3.19. The van der Waals surface area contributed by atoms with Gasteiger partial charge in [0.05, 0.1) is 7.11 Å². The van der Waals surface area contributed by atoms with E-state index in [1.165, 1.54) is 22.1 Å². The normalized spacial score (nSPS) is 11.6. The van der Waals surface area contributed by atoms with Crippen LogP contribution in [0, 0.1) is 0 Å². The van der Waals surface area contributed by atoms with Gasteiger partial charge in [0.15, 0.2) is 0 Å². The maximum atomic E-state index is 11.8. The number of nitrogens with zero attached hydrogens (tertiary/aromatic N) is 2. The highest BCUT2D eigenvalue weighted by Gasteiger charge is 2.17. The molecule has 188 valence electrons. The molecule has 1 unspecified atom stereocenters. The molecule has 0 bridgehead atoms. The van der Waals surface area contributed by atoms with Gasteiger partial charge in [0.2, 0.25) is 5.91 Å². The lowest BCUT2D eigenvalue weighted by Crippen LogP contribution is -2.23. The van der Waals surface area contributed by atoms with Gasteiger partial charge in [-0.1, -0.05) is 18.2 Å². The molecular weight excluding hydrogens is 450 g/mol. The van der Waals surface area contributed by atoms with E-state index in [0.717, 1.165) is 37.1 Å². The van der Waals surface area contributed by atoms with Crippen molar-refractivity contribution in [2.45, 2.75) is 32.2 Å². The van der Waals surface area contributed by atoms with Crippen LogP contribution in [0.4, 0.5) is 0 Å². The summed E-state index contributed by atoms with van der Waals surface area (Å²) in [6, 6.07) is 14.4. The first-order chi connectivity index (χ1) is 16.5. The molecule has 1 heterocycles. The number of aromatic nitrogens is 1. The number of rotatable bonds is 9. The quantitative estimate of drug-likeness (QED) is 0.398. The molecule has 1 amide bonds. The van der Waals surface area contributed by atoms with Crippen LogP contribution < -0.4 is 10.5 Å². The SMILES string of the molecule is COc1ccc(CCc2ccc3c(c2)c(CCN(C)C)cn3C(C)C(N)=O)cc1.O=C(O)C(=O)O. The fourth-order valence-electron chi connectivity index (χ4n) is 3.61. The van der Waals surface area contributed by atoms with E-state index in [2.05, 4.69) is 55.5 Å². The molecule has 0 radical (unpaired) electrons. The van der Waals surface area contributed by atoms with Crippen molar-refractivity contribution in [3.8, 4) is 5.75 Å². The van der Waals surface area contributed by atoms with Crippen molar-refractivity contribution < 1.29 is 29.3 Å². The predicted molar refractivity (Wildman–Crippen MR) is 134 cm³/mol. The number of methoxy groups -OCH3 is 1. The minimum absolute atomic E-state index is 0.315. The number of aliphatic carboxylic acids is 2. The maximum absolute atomic E-state index is 11.8. The molecule has 1 atom stereocenters. The van der Waals surface area contributed by atoms with Crippen LogP contribution in [0.1, 0.15) is 29.7 Å². The summed E-state index contributed by atoms with van der Waals surface area (Å²) in [7, 11) is 5.83. The minimum atomic E-state index is -1.82. The third-order valence-electron chi connectivity index (χ3n) is 5.68. The fourth-order valence-corrected chi connectivity index (χ4v) is 3.61. The van der Waals surface area contributed by atoms with Crippen LogP contribution in [0.5, 0.6) is 5.75 Å². The van der Waals surface area contributed by atoms with Crippen molar-refractivity contribution in [1.82, 2.24) is 9.47 Å². The number of carbonyl (C=O) groups is 3. The number of hydrogen-bond acceptors (Lipinski definition) is 5. The lowest BCUT2D eigenvalue weighted by atomic mass is 10.0. The van der Waals surface area contributed by atoms with Crippen LogP contribution in [-0.2, 0) is 33.6 Å². The molecule has 0 aliphatic carbocycles. The van der Waals surface area contributed by atoms with Gasteiger partial charge in [0, 0.05) is 23.6 Å². The molecule has 35 heavy (non-hydrogen) atoms. The number of nitrogens with two attached hydrogens (primary N) is 1. The van der Waals surface area contributed by atoms with Crippen molar-refractivity contribution in [2.24, 2.45) is 5.73 Å². The van der Waals surface area contributed by atoms with Gasteiger partial charge < -0.3 is 30.2 Å². The van der Waals surface area contributed by atoms with Crippen molar-refractivity contribution in [1.29, 1.82) is 0 Å². The first-order valence-corrected chi connectivity index (χ1v) is 11.2. The van der Waals surface area contributed by atoms with Crippen LogP contribution in [0.25, 0.3) is 10.9 Å². The molecule has 3 aromatic rings. The summed E-state index contributed by atoms with van der Waals surface area (Å²) < 4.78 is 7.24. The molecule has 0 saturated carbocycles. The summed E-state index contributed by atoms with van der Waals surface area (Å²) in [6.07, 6.45) is 4.97. The fraction of sp³-hybridized carbons (Fsp3) is 0.346. The van der Waals surface area contributed by atoms with Crippen LogP contribution in [-0.4, -0.2) is 65.3 Å². The minimum Gasteiger partial charge on any atom is -0.497 e. The molecule has 0 spiro atoms. The Morgan fingerprint density at radius 3 is 2.06 bits per heavy atom. The molecular formula is C26H33N3O6. The standard InChI is InChI=1S/C24H31N3O2.C2H2O4/c1-17(24(25)28)27-16-20(13-14-26(2)3)22-15-19(9-12-23(22)27)6-5-18-7-10-21(29-4)11-8-18;3-1(4)2(5)6/h7-12,15-17H,5-6,13-14H2,1-4H3,(H2,25,28);(H,3,4)(H,5,6). The van der Waals surface area contributed by atoms with Gasteiger partial charge in [0.25, 0.3) is 0 Å². The molecule has 1 aromatic heterocycles. The van der Waals surface area contributed by atoms with Gasteiger partial charge in [-0.2, -0.15) is 0 Å². The number of benzene rings is 2. The number of primary amides is 1. The molecule has 9 heteroatoms. The van der Waals surface area contributed by atoms with Gasteiger partial charge in [-0.3, -0.25) is 4.79 Å². The summed E-state index contributed by atoms with van der Waals surface area (Å²) in [5.74, 6) is -3.08. The largest absolute Gasteiger partial charge is 0.497 e. The smallest absolute Gasteiger partial charge is 0.414 e. The Balaban J connectivity index is 0.000000641. The predicted octanol–water partition coefficient (Wildman–Crippen LogP) is 2.74. The Hall–Kier alpha value is -3.85. The zero-order chi connectivity index (χ0) is 26.1. The summed E-state index contributed by atoms with van der Waals surface area (Å²) in [5.41, 5.74) is 10.5. The van der Waals surface area contributed by atoms with E-state index in [4.69, 9.17) is 30.3 Å². The lowest BCUT2D eigenvalue weighted by Gasteiger charge is -2.11. The van der Waals surface area contributed by atoms with Crippen molar-refractivity contribution in [2.75, 3.05) is 27.7 Å². The summed E-state index contributed by atoms with van der Waals surface area (Å²) in [6.45, 7) is 2.81. The molecule has 0 aliphatic heterocycles. The number of likely N-dealkylation sites (N-methyl/N-ethyl adjacent to an activating group) is 1. The molecule has 4 N–H and O–H groups in total. The van der Waals surface area contributed by atoms with Gasteiger partial charge in [-0.15, -0.1) is 0 Å². The van der Waals surface area contributed by atoms with Crippen LogP contribution in [0.3, 0.4) is 0 Å². The summed E-state index contributed by atoms with van der Waals surface area (Å²) in [4.78, 5) is 32.1. The third kappa shape index (κ3) is 7.86. The number of fused-ring (bicyclic) bond motifs is 1. The van der Waals surface area contributed by atoms with E-state index in [0.29, 0.717) is 0 Å². The average molecular weight is 484 g/mol. The Bertz CT molecular complexity index is 1160. The first-order valence-electron chi connectivity index (χ1n) is 11.2. The van der Waals surface area contributed by atoms with Gasteiger partial charge in [-0.05, 0) is 81.2 Å². The molecule has 9 nitrogen and oxygen atoms in total. The monoisotopic (exact) mass is 483 g/mol. The van der Waals surface area contributed by atoms with E-state index in [9.17, 15) is 4.79 Å². The Morgan fingerprint density at radius 2 is 1.54 bits per heavy atom.